The molecule has 1 fully saturated rings. The minimum absolute atomic E-state index is 0.0145. The first kappa shape index (κ1) is 19.4. The van der Waals surface area contributed by atoms with Gasteiger partial charge < -0.3 is 15.4 Å². The molecule has 144 valence electrons. The van der Waals surface area contributed by atoms with Crippen molar-refractivity contribution < 1.29 is 9.53 Å². The molecule has 0 radical (unpaired) electrons. The van der Waals surface area contributed by atoms with Crippen molar-refractivity contribution in [1.82, 2.24) is 25.3 Å². The molecule has 27 heavy (non-hydrogen) atoms. The number of halogens is 1. The predicted octanol–water partition coefficient (Wildman–Crippen LogP) is 2.14. The van der Waals surface area contributed by atoms with Crippen molar-refractivity contribution in [2.75, 3.05) is 12.4 Å². The number of anilines is 1. The first-order chi connectivity index (χ1) is 13.0. The number of methoxy groups -OCH3 is 1. The van der Waals surface area contributed by atoms with E-state index in [0.29, 0.717) is 23.9 Å². The second-order valence-electron chi connectivity index (χ2n) is 6.63. The highest BCUT2D eigenvalue weighted by Crippen LogP contribution is 2.28. The van der Waals surface area contributed by atoms with Crippen LogP contribution in [0.2, 0.25) is 5.02 Å². The van der Waals surface area contributed by atoms with Gasteiger partial charge in [-0.15, -0.1) is 0 Å². The largest absolute Gasteiger partial charge is 0.379 e. The summed E-state index contributed by atoms with van der Waals surface area (Å²) in [7, 11) is 1.66. The topological polar surface area (TPSA) is 102 Å². The molecule has 2 N–H and O–H groups in total. The number of nitrogens with zero attached hydrogens (tertiary/aromatic N) is 4. The Labute approximate surface area is 163 Å². The standard InChI is InChI=1S/C18H23ClN6O2/c1-11-6-21-14(9-20-11)10-22-17(26)12-3-4-15(16(5-12)27-2)25-18-23-7-13(19)8-24-18/h6-9,12,15-16H,3-5,10H2,1-2H3,(H,22,26)(H,23,24,25)/t12-,15-,16-/m0/s1. The molecule has 3 rings (SSSR count). The molecule has 3 atom stereocenters. The molecule has 1 aliphatic carbocycles. The second-order valence-corrected chi connectivity index (χ2v) is 7.06. The smallest absolute Gasteiger partial charge is 0.223 e. The highest BCUT2D eigenvalue weighted by atomic mass is 35.5. The molecule has 0 aromatic carbocycles. The monoisotopic (exact) mass is 390 g/mol. The van der Waals surface area contributed by atoms with Gasteiger partial charge in [-0.25, -0.2) is 9.97 Å². The average Bonchev–Trinajstić information content (AvgIpc) is 2.69. The molecule has 1 amide bonds. The van der Waals surface area contributed by atoms with Crippen molar-refractivity contribution in [2.24, 2.45) is 5.92 Å². The normalized spacial score (nSPS) is 22.3. The van der Waals surface area contributed by atoms with Gasteiger partial charge in [0.2, 0.25) is 11.9 Å². The second kappa shape index (κ2) is 9.05. The van der Waals surface area contributed by atoms with Gasteiger partial charge in [-0.1, -0.05) is 11.6 Å². The van der Waals surface area contributed by atoms with Crippen LogP contribution in [0.15, 0.2) is 24.8 Å². The predicted molar refractivity (Wildman–Crippen MR) is 101 cm³/mol. The highest BCUT2D eigenvalue weighted by Gasteiger charge is 2.34. The maximum Gasteiger partial charge on any atom is 0.223 e. The summed E-state index contributed by atoms with van der Waals surface area (Å²) in [4.78, 5) is 29.3. The number of carbonyl (C=O) groups excluding carboxylic acids is 1. The molecular weight excluding hydrogens is 368 g/mol. The third-order valence-corrected chi connectivity index (χ3v) is 4.87. The Morgan fingerprint density at radius 3 is 2.63 bits per heavy atom. The van der Waals surface area contributed by atoms with E-state index in [1.54, 1.807) is 31.9 Å². The van der Waals surface area contributed by atoms with E-state index < -0.39 is 0 Å². The molecule has 2 aromatic rings. The summed E-state index contributed by atoms with van der Waals surface area (Å²) in [5, 5.41) is 6.71. The number of ether oxygens (including phenoxy) is 1. The molecule has 1 aliphatic rings. The molecule has 2 aromatic heterocycles. The number of nitrogens with one attached hydrogen (secondary N) is 2. The summed E-state index contributed by atoms with van der Waals surface area (Å²) in [6.45, 7) is 2.25. The van der Waals surface area contributed by atoms with Crippen LogP contribution >= 0.6 is 11.6 Å². The van der Waals surface area contributed by atoms with E-state index in [2.05, 4.69) is 30.6 Å². The number of aromatic nitrogens is 4. The first-order valence-electron chi connectivity index (χ1n) is 8.87. The van der Waals surface area contributed by atoms with Crippen molar-refractivity contribution in [3.8, 4) is 0 Å². The fraction of sp³-hybridized carbons (Fsp3) is 0.500. The lowest BCUT2D eigenvalue weighted by Crippen LogP contribution is -2.45. The zero-order chi connectivity index (χ0) is 19.2. The molecule has 0 spiro atoms. The number of hydrogen-bond acceptors (Lipinski definition) is 7. The molecule has 0 aliphatic heterocycles. The molecule has 0 saturated heterocycles. The van der Waals surface area contributed by atoms with E-state index in [9.17, 15) is 4.79 Å². The van der Waals surface area contributed by atoms with Gasteiger partial charge in [0.15, 0.2) is 0 Å². The van der Waals surface area contributed by atoms with Crippen LogP contribution in [0, 0.1) is 12.8 Å². The summed E-state index contributed by atoms with van der Waals surface area (Å²) in [6, 6.07) is 0.0446. The Kier molecular flexibility index (Phi) is 6.52. The number of aryl methyl sites for hydroxylation is 1. The third kappa shape index (κ3) is 5.33. The molecule has 2 heterocycles. The van der Waals surface area contributed by atoms with Crippen molar-refractivity contribution in [2.45, 2.75) is 44.9 Å². The van der Waals surface area contributed by atoms with Crippen LogP contribution in [-0.2, 0) is 16.1 Å². The molecule has 0 unspecified atom stereocenters. The van der Waals surface area contributed by atoms with Crippen LogP contribution in [0.25, 0.3) is 0 Å². The number of carbonyl (C=O) groups is 1. The lowest BCUT2D eigenvalue weighted by atomic mass is 9.83. The van der Waals surface area contributed by atoms with E-state index in [-0.39, 0.29) is 24.0 Å². The SMILES string of the molecule is CO[C@H]1C[C@@H](C(=O)NCc2cnc(C)cn2)CC[C@@H]1Nc1ncc(Cl)cn1. The van der Waals surface area contributed by atoms with E-state index >= 15 is 0 Å². The third-order valence-electron chi connectivity index (χ3n) is 4.68. The Balaban J connectivity index is 1.52. The zero-order valence-corrected chi connectivity index (χ0v) is 16.1. The fourth-order valence-corrected chi connectivity index (χ4v) is 3.28. The van der Waals surface area contributed by atoms with Crippen LogP contribution in [0.4, 0.5) is 5.95 Å². The molecular formula is C18H23ClN6O2. The molecule has 9 heteroatoms. The lowest BCUT2D eigenvalue weighted by molar-refractivity contribution is -0.127. The highest BCUT2D eigenvalue weighted by molar-refractivity contribution is 6.30. The van der Waals surface area contributed by atoms with Crippen LogP contribution in [0.5, 0.6) is 0 Å². The van der Waals surface area contributed by atoms with Gasteiger partial charge in [0.1, 0.15) is 0 Å². The summed E-state index contributed by atoms with van der Waals surface area (Å²) >= 11 is 5.82. The maximum absolute atomic E-state index is 12.5. The van der Waals surface area contributed by atoms with Gasteiger partial charge >= 0.3 is 0 Å². The van der Waals surface area contributed by atoms with Crippen LogP contribution in [0.3, 0.4) is 0 Å². The molecule has 0 bridgehead atoms. The van der Waals surface area contributed by atoms with Crippen LogP contribution < -0.4 is 10.6 Å². The lowest BCUT2D eigenvalue weighted by Gasteiger charge is -2.35. The maximum atomic E-state index is 12.5. The van der Waals surface area contributed by atoms with E-state index in [1.807, 2.05) is 6.92 Å². The quantitative estimate of drug-likeness (QED) is 0.778. The summed E-state index contributed by atoms with van der Waals surface area (Å²) in [6.07, 6.45) is 8.54. The fourth-order valence-electron chi connectivity index (χ4n) is 3.18. The number of hydrogen-bond donors (Lipinski definition) is 2. The van der Waals surface area contributed by atoms with Gasteiger partial charge in [0.25, 0.3) is 0 Å². The van der Waals surface area contributed by atoms with E-state index in [1.165, 1.54) is 0 Å². The minimum atomic E-state index is -0.104. The summed E-state index contributed by atoms with van der Waals surface area (Å²) in [5.41, 5.74) is 1.59. The zero-order valence-electron chi connectivity index (χ0n) is 15.4. The van der Waals surface area contributed by atoms with Crippen molar-refractivity contribution in [3.63, 3.8) is 0 Å². The van der Waals surface area contributed by atoms with Crippen molar-refractivity contribution in [3.05, 3.63) is 41.2 Å². The van der Waals surface area contributed by atoms with Crippen molar-refractivity contribution >= 4 is 23.5 Å². The molecule has 8 nitrogen and oxygen atoms in total. The van der Waals surface area contributed by atoms with Gasteiger partial charge in [0, 0.05) is 19.2 Å². The van der Waals surface area contributed by atoms with Crippen LogP contribution in [0.1, 0.15) is 30.7 Å². The Morgan fingerprint density at radius 1 is 1.19 bits per heavy atom. The minimum Gasteiger partial charge on any atom is -0.379 e. The van der Waals surface area contributed by atoms with E-state index in [4.69, 9.17) is 16.3 Å². The van der Waals surface area contributed by atoms with Gasteiger partial charge in [0.05, 0.1) is 53.7 Å². The van der Waals surface area contributed by atoms with Crippen LogP contribution in [-0.4, -0.2) is 45.1 Å². The Morgan fingerprint density at radius 2 is 1.96 bits per heavy atom. The number of amides is 1. The average molecular weight is 391 g/mol. The van der Waals surface area contributed by atoms with E-state index in [0.717, 1.165) is 24.2 Å². The summed E-state index contributed by atoms with van der Waals surface area (Å²) < 4.78 is 5.61. The summed E-state index contributed by atoms with van der Waals surface area (Å²) in [5.74, 6) is 0.422. The molecule has 1 saturated carbocycles. The van der Waals surface area contributed by atoms with Gasteiger partial charge in [-0.3, -0.25) is 14.8 Å². The Hall–Kier alpha value is -2.32. The number of rotatable bonds is 6. The van der Waals surface area contributed by atoms with Gasteiger partial charge in [-0.05, 0) is 26.2 Å². The Bertz CT molecular complexity index is 755. The first-order valence-corrected chi connectivity index (χ1v) is 9.25. The van der Waals surface area contributed by atoms with Crippen molar-refractivity contribution in [1.29, 1.82) is 0 Å². The van der Waals surface area contributed by atoms with Gasteiger partial charge in [-0.2, -0.15) is 0 Å².